The van der Waals surface area contributed by atoms with Crippen LogP contribution < -0.4 is 5.73 Å². The van der Waals surface area contributed by atoms with Crippen LogP contribution in [0.25, 0.3) is 0 Å². The first-order valence-electron chi connectivity index (χ1n) is 5.62. The summed E-state index contributed by atoms with van der Waals surface area (Å²) in [6.07, 6.45) is 3.85. The number of nitrogens with zero attached hydrogens (tertiary/aromatic N) is 2. The number of aromatic nitrogens is 1. The minimum absolute atomic E-state index is 0.461. The Labute approximate surface area is 90.4 Å². The van der Waals surface area contributed by atoms with Crippen LogP contribution in [0.2, 0.25) is 0 Å². The highest BCUT2D eigenvalue weighted by atomic mass is 16.5. The van der Waals surface area contributed by atoms with E-state index < -0.39 is 0 Å². The van der Waals surface area contributed by atoms with Gasteiger partial charge in [-0.05, 0) is 39.8 Å². The van der Waals surface area contributed by atoms with Crippen LogP contribution in [-0.4, -0.2) is 29.2 Å². The maximum atomic E-state index is 5.80. The fourth-order valence-electron chi connectivity index (χ4n) is 2.24. The molecule has 1 saturated heterocycles. The SMILES string of the molecule is CC(C)N1CCC(c2oncc2N)CC1. The van der Waals surface area contributed by atoms with E-state index in [1.807, 2.05) is 0 Å². The summed E-state index contributed by atoms with van der Waals surface area (Å²) in [7, 11) is 0. The Bertz CT molecular complexity index is 313. The van der Waals surface area contributed by atoms with Gasteiger partial charge in [-0.1, -0.05) is 5.16 Å². The lowest BCUT2D eigenvalue weighted by Gasteiger charge is -2.33. The summed E-state index contributed by atoms with van der Waals surface area (Å²) in [5.74, 6) is 1.35. The van der Waals surface area contributed by atoms with Gasteiger partial charge in [0.05, 0.1) is 11.9 Å². The number of hydrogen-bond acceptors (Lipinski definition) is 4. The van der Waals surface area contributed by atoms with Gasteiger partial charge >= 0.3 is 0 Å². The second-order valence-corrected chi connectivity index (χ2v) is 4.55. The molecule has 2 rings (SSSR count). The lowest BCUT2D eigenvalue weighted by atomic mass is 9.93. The molecule has 84 valence electrons. The van der Waals surface area contributed by atoms with E-state index in [-0.39, 0.29) is 0 Å². The third kappa shape index (κ3) is 2.15. The van der Waals surface area contributed by atoms with Crippen molar-refractivity contribution in [2.24, 2.45) is 0 Å². The summed E-state index contributed by atoms with van der Waals surface area (Å²) in [5.41, 5.74) is 6.50. The molecule has 0 atom stereocenters. The van der Waals surface area contributed by atoms with Gasteiger partial charge in [0.2, 0.25) is 0 Å². The second kappa shape index (κ2) is 4.23. The van der Waals surface area contributed by atoms with E-state index in [1.165, 1.54) is 0 Å². The van der Waals surface area contributed by atoms with Gasteiger partial charge in [0, 0.05) is 12.0 Å². The number of piperidine rings is 1. The average Bonchev–Trinajstić information content (AvgIpc) is 2.65. The normalized spacial score (nSPS) is 19.9. The Morgan fingerprint density at radius 3 is 2.60 bits per heavy atom. The maximum Gasteiger partial charge on any atom is 0.162 e. The van der Waals surface area contributed by atoms with Gasteiger partial charge in [0.1, 0.15) is 0 Å². The maximum absolute atomic E-state index is 5.80. The molecule has 1 aliphatic heterocycles. The predicted molar refractivity (Wildman–Crippen MR) is 59.6 cm³/mol. The Balaban J connectivity index is 1.97. The van der Waals surface area contributed by atoms with Crippen molar-refractivity contribution < 1.29 is 4.52 Å². The summed E-state index contributed by atoms with van der Waals surface area (Å²) in [6.45, 7) is 6.73. The van der Waals surface area contributed by atoms with E-state index in [0.29, 0.717) is 17.6 Å². The third-order valence-corrected chi connectivity index (χ3v) is 3.26. The van der Waals surface area contributed by atoms with Crippen molar-refractivity contribution in [2.75, 3.05) is 18.8 Å². The molecule has 0 spiro atoms. The van der Waals surface area contributed by atoms with E-state index in [4.69, 9.17) is 10.3 Å². The molecule has 1 aliphatic rings. The smallest absolute Gasteiger partial charge is 0.162 e. The fourth-order valence-corrected chi connectivity index (χ4v) is 2.24. The van der Waals surface area contributed by atoms with Crippen molar-refractivity contribution in [2.45, 2.75) is 38.6 Å². The molecule has 0 radical (unpaired) electrons. The molecule has 0 bridgehead atoms. The van der Waals surface area contributed by atoms with Gasteiger partial charge in [-0.25, -0.2) is 0 Å². The average molecular weight is 209 g/mol. The van der Waals surface area contributed by atoms with Crippen LogP contribution in [0.15, 0.2) is 10.7 Å². The molecule has 4 nitrogen and oxygen atoms in total. The minimum Gasteiger partial charge on any atom is -0.395 e. The molecule has 0 unspecified atom stereocenters. The van der Waals surface area contributed by atoms with Crippen LogP contribution in [0.4, 0.5) is 5.69 Å². The summed E-state index contributed by atoms with van der Waals surface area (Å²) in [5, 5.41) is 3.74. The zero-order chi connectivity index (χ0) is 10.8. The molecule has 1 aromatic rings. The lowest BCUT2D eigenvalue weighted by Crippen LogP contribution is -2.37. The Kier molecular flexibility index (Phi) is 2.95. The van der Waals surface area contributed by atoms with E-state index in [1.54, 1.807) is 6.20 Å². The molecular formula is C11H19N3O. The zero-order valence-electron chi connectivity index (χ0n) is 9.44. The van der Waals surface area contributed by atoms with Crippen LogP contribution in [0.1, 0.15) is 38.4 Å². The molecule has 0 saturated carbocycles. The molecule has 0 aliphatic carbocycles. The first kappa shape index (κ1) is 10.5. The fraction of sp³-hybridized carbons (Fsp3) is 0.727. The molecular weight excluding hydrogens is 190 g/mol. The molecule has 0 aromatic carbocycles. The van der Waals surface area contributed by atoms with Gasteiger partial charge in [-0.2, -0.15) is 0 Å². The van der Waals surface area contributed by atoms with Crippen LogP contribution in [0, 0.1) is 0 Å². The van der Waals surface area contributed by atoms with Gasteiger partial charge < -0.3 is 15.2 Å². The molecule has 15 heavy (non-hydrogen) atoms. The molecule has 1 fully saturated rings. The molecule has 2 N–H and O–H groups in total. The van der Waals surface area contributed by atoms with E-state index >= 15 is 0 Å². The van der Waals surface area contributed by atoms with Gasteiger partial charge in [0.25, 0.3) is 0 Å². The predicted octanol–water partition coefficient (Wildman–Crippen LogP) is 1.84. The standard InChI is InChI=1S/C11H19N3O/c1-8(2)14-5-3-9(4-6-14)11-10(12)7-13-15-11/h7-9H,3-6,12H2,1-2H3. The van der Waals surface area contributed by atoms with Crippen LogP contribution in [0.5, 0.6) is 0 Å². The number of likely N-dealkylation sites (tertiary alicyclic amines) is 1. The van der Waals surface area contributed by atoms with Gasteiger partial charge in [-0.15, -0.1) is 0 Å². The number of nitrogens with two attached hydrogens (primary N) is 1. The van der Waals surface area contributed by atoms with Crippen molar-refractivity contribution in [3.8, 4) is 0 Å². The highest BCUT2D eigenvalue weighted by Gasteiger charge is 2.25. The Morgan fingerprint density at radius 2 is 2.13 bits per heavy atom. The minimum atomic E-state index is 0.461. The van der Waals surface area contributed by atoms with Crippen molar-refractivity contribution in [1.29, 1.82) is 0 Å². The van der Waals surface area contributed by atoms with Crippen molar-refractivity contribution in [3.05, 3.63) is 12.0 Å². The quantitative estimate of drug-likeness (QED) is 0.807. The van der Waals surface area contributed by atoms with Crippen LogP contribution in [-0.2, 0) is 0 Å². The first-order valence-corrected chi connectivity index (χ1v) is 5.62. The molecule has 4 heteroatoms. The number of nitrogen functional groups attached to an aromatic ring is 1. The molecule has 1 aromatic heterocycles. The van der Waals surface area contributed by atoms with Crippen LogP contribution >= 0.6 is 0 Å². The third-order valence-electron chi connectivity index (χ3n) is 3.26. The number of hydrogen-bond donors (Lipinski definition) is 1. The number of rotatable bonds is 2. The van der Waals surface area contributed by atoms with Gasteiger partial charge in [0.15, 0.2) is 5.76 Å². The first-order chi connectivity index (χ1) is 7.18. The summed E-state index contributed by atoms with van der Waals surface area (Å²) >= 11 is 0. The largest absolute Gasteiger partial charge is 0.395 e. The van der Waals surface area contributed by atoms with Crippen LogP contribution in [0.3, 0.4) is 0 Å². The van der Waals surface area contributed by atoms with Crippen molar-refractivity contribution in [3.63, 3.8) is 0 Å². The summed E-state index contributed by atoms with van der Waals surface area (Å²) < 4.78 is 5.21. The number of anilines is 1. The lowest BCUT2D eigenvalue weighted by molar-refractivity contribution is 0.162. The zero-order valence-corrected chi connectivity index (χ0v) is 9.44. The highest BCUT2D eigenvalue weighted by molar-refractivity contribution is 5.40. The second-order valence-electron chi connectivity index (χ2n) is 4.55. The summed E-state index contributed by atoms with van der Waals surface area (Å²) in [6, 6.07) is 0.637. The highest BCUT2D eigenvalue weighted by Crippen LogP contribution is 2.31. The Hall–Kier alpha value is -1.03. The van der Waals surface area contributed by atoms with Crippen molar-refractivity contribution >= 4 is 5.69 Å². The van der Waals surface area contributed by atoms with Gasteiger partial charge in [-0.3, -0.25) is 0 Å². The van der Waals surface area contributed by atoms with E-state index in [9.17, 15) is 0 Å². The van der Waals surface area contributed by atoms with Crippen molar-refractivity contribution in [1.82, 2.24) is 10.1 Å². The van der Waals surface area contributed by atoms with E-state index in [2.05, 4.69) is 23.9 Å². The Morgan fingerprint density at radius 1 is 1.47 bits per heavy atom. The summed E-state index contributed by atoms with van der Waals surface area (Å²) in [4.78, 5) is 2.49. The monoisotopic (exact) mass is 209 g/mol. The topological polar surface area (TPSA) is 55.3 Å². The molecule has 0 amide bonds. The molecule has 2 heterocycles. The van der Waals surface area contributed by atoms with E-state index in [0.717, 1.165) is 31.7 Å².